The van der Waals surface area contributed by atoms with Crippen LogP contribution in [0.5, 0.6) is 5.75 Å². The van der Waals surface area contributed by atoms with Gasteiger partial charge in [0.2, 0.25) is 0 Å². The molecule has 0 saturated heterocycles. The summed E-state index contributed by atoms with van der Waals surface area (Å²) in [5.41, 5.74) is -1.37. The van der Waals surface area contributed by atoms with E-state index < -0.39 is 22.4 Å². The van der Waals surface area contributed by atoms with Crippen LogP contribution in [0.1, 0.15) is 31.2 Å². The normalized spacial score (nSPS) is 16.6. The van der Waals surface area contributed by atoms with Gasteiger partial charge >= 0.3 is 11.9 Å². The zero-order valence-electron chi connectivity index (χ0n) is 9.94. The van der Waals surface area contributed by atoms with Crippen molar-refractivity contribution in [2.24, 2.45) is 0 Å². The van der Waals surface area contributed by atoms with E-state index in [-0.39, 0.29) is 11.9 Å². The van der Waals surface area contributed by atoms with E-state index in [1.165, 1.54) is 0 Å². The predicted octanol–water partition coefficient (Wildman–Crippen LogP) is 3.94. The largest absolute Gasteiger partial charge is 0.483 e. The number of halogens is 3. The van der Waals surface area contributed by atoms with Crippen LogP contribution in [0.2, 0.25) is 0 Å². The van der Waals surface area contributed by atoms with Gasteiger partial charge in [0.15, 0.2) is 5.75 Å². The van der Waals surface area contributed by atoms with Gasteiger partial charge in [0, 0.05) is 6.07 Å². The first-order chi connectivity index (χ1) is 8.88. The van der Waals surface area contributed by atoms with Gasteiger partial charge in [-0.2, -0.15) is 13.2 Å². The van der Waals surface area contributed by atoms with Crippen LogP contribution in [0.15, 0.2) is 18.2 Å². The minimum atomic E-state index is -4.54. The summed E-state index contributed by atoms with van der Waals surface area (Å²) in [5.74, 6) is -0.299. The van der Waals surface area contributed by atoms with E-state index in [0.29, 0.717) is 25.0 Å². The molecule has 1 saturated carbocycles. The average molecular weight is 275 g/mol. The molecule has 2 rings (SSSR count). The molecule has 0 amide bonds. The molecule has 0 bridgehead atoms. The first-order valence-electron chi connectivity index (χ1n) is 5.90. The summed E-state index contributed by atoms with van der Waals surface area (Å²) in [4.78, 5) is 10.1. The number of rotatable bonds is 3. The lowest BCUT2D eigenvalue weighted by atomic mass is 10.2. The average Bonchev–Trinajstić information content (AvgIpc) is 2.80. The van der Waals surface area contributed by atoms with Gasteiger partial charge in [0.05, 0.1) is 16.6 Å². The molecule has 0 unspecified atom stereocenters. The van der Waals surface area contributed by atoms with Gasteiger partial charge in [-0.1, -0.05) is 0 Å². The predicted molar refractivity (Wildman–Crippen MR) is 61.0 cm³/mol. The molecule has 19 heavy (non-hydrogen) atoms. The van der Waals surface area contributed by atoms with Gasteiger partial charge in [-0.15, -0.1) is 0 Å². The van der Waals surface area contributed by atoms with Crippen LogP contribution in [0.25, 0.3) is 0 Å². The Morgan fingerprint density at radius 2 is 1.89 bits per heavy atom. The van der Waals surface area contributed by atoms with Crippen molar-refractivity contribution in [1.82, 2.24) is 0 Å². The summed E-state index contributed by atoms with van der Waals surface area (Å²) >= 11 is 0. The third-order valence-corrected chi connectivity index (χ3v) is 3.08. The maximum atomic E-state index is 12.6. The molecular weight excluding hydrogens is 263 g/mol. The summed E-state index contributed by atoms with van der Waals surface area (Å²) in [6.07, 6.45) is -1.49. The molecule has 4 nitrogen and oxygen atoms in total. The van der Waals surface area contributed by atoms with Crippen LogP contribution in [0, 0.1) is 10.1 Å². The molecule has 0 heterocycles. The van der Waals surface area contributed by atoms with Crippen LogP contribution < -0.4 is 4.74 Å². The quantitative estimate of drug-likeness (QED) is 0.620. The zero-order valence-corrected chi connectivity index (χ0v) is 9.94. The number of nitro benzene ring substituents is 1. The number of alkyl halides is 3. The van der Waals surface area contributed by atoms with Gasteiger partial charge in [-0.25, -0.2) is 0 Å². The Hall–Kier alpha value is -1.79. The van der Waals surface area contributed by atoms with Crippen LogP contribution in [0.4, 0.5) is 18.9 Å². The van der Waals surface area contributed by atoms with Crippen molar-refractivity contribution >= 4 is 5.69 Å². The van der Waals surface area contributed by atoms with Crippen LogP contribution in [-0.4, -0.2) is 11.0 Å². The van der Waals surface area contributed by atoms with E-state index in [1.54, 1.807) is 0 Å². The SMILES string of the molecule is O=[N+]([O-])c1ccc(C(F)(F)F)cc1OC1CCCC1. The molecule has 1 aromatic carbocycles. The Morgan fingerprint density at radius 1 is 1.26 bits per heavy atom. The van der Waals surface area contributed by atoms with Crippen molar-refractivity contribution in [2.75, 3.05) is 0 Å². The monoisotopic (exact) mass is 275 g/mol. The highest BCUT2D eigenvalue weighted by atomic mass is 19.4. The minimum Gasteiger partial charge on any atom is -0.483 e. The fourth-order valence-corrected chi connectivity index (χ4v) is 2.12. The second-order valence-electron chi connectivity index (χ2n) is 4.46. The standard InChI is InChI=1S/C12H12F3NO3/c13-12(14,15)8-5-6-10(16(17)18)11(7-8)19-9-3-1-2-4-9/h5-7,9H,1-4H2. The Kier molecular flexibility index (Phi) is 3.64. The van der Waals surface area contributed by atoms with E-state index in [1.807, 2.05) is 0 Å². The molecule has 7 heteroatoms. The van der Waals surface area contributed by atoms with Crippen molar-refractivity contribution in [3.05, 3.63) is 33.9 Å². The molecule has 1 aromatic rings. The van der Waals surface area contributed by atoms with E-state index >= 15 is 0 Å². The fraction of sp³-hybridized carbons (Fsp3) is 0.500. The van der Waals surface area contributed by atoms with Gasteiger partial charge in [-0.3, -0.25) is 10.1 Å². The number of hydrogen-bond acceptors (Lipinski definition) is 3. The molecule has 1 aliphatic carbocycles. The van der Waals surface area contributed by atoms with E-state index in [0.717, 1.165) is 18.9 Å². The second kappa shape index (κ2) is 5.07. The number of hydrogen-bond donors (Lipinski definition) is 0. The van der Waals surface area contributed by atoms with Crippen molar-refractivity contribution in [3.63, 3.8) is 0 Å². The Balaban J connectivity index is 2.32. The summed E-state index contributed by atoms with van der Waals surface area (Å²) in [6.45, 7) is 0. The number of nitrogens with zero attached hydrogens (tertiary/aromatic N) is 1. The zero-order chi connectivity index (χ0) is 14.0. The molecule has 104 valence electrons. The first kappa shape index (κ1) is 13.6. The number of nitro groups is 1. The van der Waals surface area contributed by atoms with Crippen molar-refractivity contribution in [1.29, 1.82) is 0 Å². The summed E-state index contributed by atoms with van der Waals surface area (Å²) in [6, 6.07) is 2.24. The van der Waals surface area contributed by atoms with E-state index in [9.17, 15) is 23.3 Å². The first-order valence-corrected chi connectivity index (χ1v) is 5.90. The van der Waals surface area contributed by atoms with Crippen LogP contribution in [-0.2, 0) is 6.18 Å². The molecule has 1 aliphatic rings. The van der Waals surface area contributed by atoms with Crippen LogP contribution in [0.3, 0.4) is 0 Å². The molecule has 0 radical (unpaired) electrons. The maximum Gasteiger partial charge on any atom is 0.416 e. The highest BCUT2D eigenvalue weighted by Crippen LogP contribution is 2.37. The lowest BCUT2D eigenvalue weighted by molar-refractivity contribution is -0.386. The van der Waals surface area contributed by atoms with Crippen LogP contribution >= 0.6 is 0 Å². The van der Waals surface area contributed by atoms with E-state index in [4.69, 9.17) is 4.74 Å². The third-order valence-electron chi connectivity index (χ3n) is 3.08. The summed E-state index contributed by atoms with van der Waals surface area (Å²) in [7, 11) is 0. The molecular formula is C12H12F3NO3. The minimum absolute atomic E-state index is 0.234. The molecule has 1 fully saturated rings. The van der Waals surface area contributed by atoms with Gasteiger partial charge < -0.3 is 4.74 Å². The smallest absolute Gasteiger partial charge is 0.416 e. The summed E-state index contributed by atoms with van der Waals surface area (Å²) < 4.78 is 43.1. The van der Waals surface area contributed by atoms with Crippen molar-refractivity contribution in [3.8, 4) is 5.75 Å². The highest BCUT2D eigenvalue weighted by molar-refractivity contribution is 5.49. The third kappa shape index (κ3) is 3.15. The topological polar surface area (TPSA) is 52.4 Å². The molecule has 0 aromatic heterocycles. The lowest BCUT2D eigenvalue weighted by Crippen LogP contribution is -2.13. The highest BCUT2D eigenvalue weighted by Gasteiger charge is 2.33. The van der Waals surface area contributed by atoms with Crippen molar-refractivity contribution < 1.29 is 22.8 Å². The lowest BCUT2D eigenvalue weighted by Gasteiger charge is -2.14. The maximum absolute atomic E-state index is 12.6. The second-order valence-corrected chi connectivity index (χ2v) is 4.46. The molecule has 0 N–H and O–H groups in total. The van der Waals surface area contributed by atoms with Gasteiger partial charge in [-0.05, 0) is 37.8 Å². The Morgan fingerprint density at radius 3 is 2.42 bits per heavy atom. The van der Waals surface area contributed by atoms with Gasteiger partial charge in [0.1, 0.15) is 0 Å². The number of benzene rings is 1. The fourth-order valence-electron chi connectivity index (χ4n) is 2.12. The van der Waals surface area contributed by atoms with Gasteiger partial charge in [0.25, 0.3) is 0 Å². The molecule has 0 atom stereocenters. The molecule has 0 spiro atoms. The van der Waals surface area contributed by atoms with Crippen molar-refractivity contribution in [2.45, 2.75) is 38.0 Å². The Labute approximate surface area is 107 Å². The molecule has 0 aliphatic heterocycles. The summed E-state index contributed by atoms with van der Waals surface area (Å²) in [5, 5.41) is 10.8. The van der Waals surface area contributed by atoms with E-state index in [2.05, 4.69) is 0 Å². The number of ether oxygens (including phenoxy) is 1. The Bertz CT molecular complexity index is 482.